The Morgan fingerprint density at radius 2 is 2.05 bits per heavy atom. The summed E-state index contributed by atoms with van der Waals surface area (Å²) in [6.07, 6.45) is 5.89. The van der Waals surface area contributed by atoms with Gasteiger partial charge in [-0.3, -0.25) is 9.89 Å². The zero-order valence-corrected chi connectivity index (χ0v) is 13.6. The first-order valence-corrected chi connectivity index (χ1v) is 9.04. The zero-order chi connectivity index (χ0) is 15.4. The molecule has 1 fully saturated rings. The predicted octanol–water partition coefficient (Wildman–Crippen LogP) is 3.15. The van der Waals surface area contributed by atoms with Gasteiger partial charge in [0.1, 0.15) is 0 Å². The molecule has 1 aromatic carbocycles. The van der Waals surface area contributed by atoms with Crippen LogP contribution in [0.25, 0.3) is 11.1 Å². The lowest BCUT2D eigenvalue weighted by Gasteiger charge is -2.32. The topological polar surface area (TPSA) is 49.0 Å². The number of thioether (sulfide) groups is 1. The third kappa shape index (κ3) is 3.19. The Labute approximate surface area is 135 Å². The van der Waals surface area contributed by atoms with Crippen molar-refractivity contribution >= 4 is 17.7 Å². The number of carbonyl (C=O) groups is 1. The number of hydrogen-bond acceptors (Lipinski definition) is 3. The predicted molar refractivity (Wildman–Crippen MR) is 91.0 cm³/mol. The van der Waals surface area contributed by atoms with E-state index in [1.165, 1.54) is 16.8 Å². The lowest BCUT2D eigenvalue weighted by molar-refractivity contribution is -0.129. The van der Waals surface area contributed by atoms with Crippen molar-refractivity contribution < 1.29 is 4.79 Å². The van der Waals surface area contributed by atoms with Crippen LogP contribution in [0.2, 0.25) is 0 Å². The summed E-state index contributed by atoms with van der Waals surface area (Å²) in [5.41, 5.74) is 3.60. The molecule has 0 spiro atoms. The van der Waals surface area contributed by atoms with Crippen molar-refractivity contribution in [2.24, 2.45) is 0 Å². The van der Waals surface area contributed by atoms with E-state index in [1.54, 1.807) is 11.8 Å². The average molecular weight is 315 g/mol. The smallest absolute Gasteiger partial charge is 0.232 e. The molecule has 22 heavy (non-hydrogen) atoms. The second kappa shape index (κ2) is 7.01. The van der Waals surface area contributed by atoms with Gasteiger partial charge in [0.2, 0.25) is 5.91 Å². The van der Waals surface area contributed by atoms with Crippen molar-refractivity contribution in [3.8, 4) is 11.1 Å². The lowest BCUT2D eigenvalue weighted by atomic mass is 9.89. The Morgan fingerprint density at radius 1 is 1.32 bits per heavy atom. The molecule has 0 saturated carbocycles. The summed E-state index contributed by atoms with van der Waals surface area (Å²) in [6.45, 7) is 1.69. The number of nitrogens with one attached hydrogen (secondary N) is 1. The fourth-order valence-corrected chi connectivity index (χ4v) is 3.52. The Hall–Kier alpha value is -1.75. The largest absolute Gasteiger partial charge is 0.342 e. The minimum Gasteiger partial charge on any atom is -0.342 e. The molecule has 5 heteroatoms. The number of amides is 1. The minimum absolute atomic E-state index is 0.263. The summed E-state index contributed by atoms with van der Waals surface area (Å²) in [4.78, 5) is 14.0. The summed E-state index contributed by atoms with van der Waals surface area (Å²) in [6, 6.07) is 10.4. The van der Waals surface area contributed by atoms with Gasteiger partial charge in [-0.05, 0) is 24.7 Å². The van der Waals surface area contributed by atoms with Crippen LogP contribution in [-0.2, 0) is 4.79 Å². The lowest BCUT2D eigenvalue weighted by Crippen LogP contribution is -2.39. The number of aromatic amines is 1. The minimum atomic E-state index is 0.263. The second-order valence-corrected chi connectivity index (χ2v) is 6.52. The van der Waals surface area contributed by atoms with Crippen molar-refractivity contribution in [1.82, 2.24) is 15.1 Å². The first-order chi connectivity index (χ1) is 10.8. The first-order valence-electron chi connectivity index (χ1n) is 7.65. The van der Waals surface area contributed by atoms with Gasteiger partial charge in [0.05, 0.1) is 11.9 Å². The summed E-state index contributed by atoms with van der Waals surface area (Å²) >= 11 is 1.59. The van der Waals surface area contributed by atoms with Crippen LogP contribution >= 0.6 is 11.8 Å². The Bertz CT molecular complexity index is 618. The maximum atomic E-state index is 12.0. The number of hydrogen-bond donors (Lipinski definition) is 1. The number of benzene rings is 1. The van der Waals surface area contributed by atoms with E-state index in [4.69, 9.17) is 0 Å². The maximum absolute atomic E-state index is 12.0. The van der Waals surface area contributed by atoms with Gasteiger partial charge in [-0.2, -0.15) is 16.9 Å². The van der Waals surface area contributed by atoms with E-state index >= 15 is 0 Å². The Balaban J connectivity index is 1.70. The molecule has 3 rings (SSSR count). The monoisotopic (exact) mass is 315 g/mol. The number of H-pyrrole nitrogens is 1. The average Bonchev–Trinajstić information content (AvgIpc) is 3.06. The summed E-state index contributed by atoms with van der Waals surface area (Å²) in [5, 5.41) is 7.43. The normalized spacial score (nSPS) is 16.0. The summed E-state index contributed by atoms with van der Waals surface area (Å²) < 4.78 is 0. The van der Waals surface area contributed by atoms with E-state index in [0.717, 1.165) is 25.9 Å². The van der Waals surface area contributed by atoms with Crippen molar-refractivity contribution in [2.45, 2.75) is 18.8 Å². The highest BCUT2D eigenvalue weighted by Crippen LogP contribution is 2.33. The van der Waals surface area contributed by atoms with Crippen LogP contribution in [0.15, 0.2) is 36.5 Å². The van der Waals surface area contributed by atoms with E-state index in [0.29, 0.717) is 11.7 Å². The molecule has 0 unspecified atom stereocenters. The molecule has 2 heterocycles. The second-order valence-electron chi connectivity index (χ2n) is 5.65. The molecule has 1 aliphatic rings. The Kier molecular flexibility index (Phi) is 4.83. The molecule has 1 aromatic heterocycles. The molecular weight excluding hydrogens is 294 g/mol. The quantitative estimate of drug-likeness (QED) is 0.943. The Morgan fingerprint density at radius 3 is 2.73 bits per heavy atom. The summed E-state index contributed by atoms with van der Waals surface area (Å²) in [7, 11) is 0. The molecular formula is C17H21N3OS. The van der Waals surface area contributed by atoms with Crippen LogP contribution in [0.1, 0.15) is 24.5 Å². The molecule has 0 bridgehead atoms. The molecule has 1 N–H and O–H groups in total. The molecule has 116 valence electrons. The van der Waals surface area contributed by atoms with Crippen LogP contribution in [-0.4, -0.2) is 46.1 Å². The molecule has 0 aliphatic carbocycles. The highest BCUT2D eigenvalue weighted by molar-refractivity contribution is 7.99. The molecule has 1 amide bonds. The highest BCUT2D eigenvalue weighted by Gasteiger charge is 2.26. The standard InChI is InChI=1S/C17H21N3OS/c1-22-12-16(21)20-9-7-14(8-10-20)17-15(11-18-19-17)13-5-3-2-4-6-13/h2-6,11,14H,7-10,12H2,1H3,(H,18,19). The van der Waals surface area contributed by atoms with Gasteiger partial charge in [-0.15, -0.1) is 0 Å². The fraction of sp³-hybridized carbons (Fsp3) is 0.412. The third-order valence-electron chi connectivity index (χ3n) is 4.28. The van der Waals surface area contributed by atoms with Gasteiger partial charge in [0.25, 0.3) is 0 Å². The van der Waals surface area contributed by atoms with E-state index in [-0.39, 0.29) is 5.91 Å². The van der Waals surface area contributed by atoms with Crippen LogP contribution in [0.5, 0.6) is 0 Å². The molecule has 1 saturated heterocycles. The number of aromatic nitrogens is 2. The molecule has 0 atom stereocenters. The van der Waals surface area contributed by atoms with Gasteiger partial charge < -0.3 is 4.90 Å². The van der Waals surface area contributed by atoms with E-state index in [9.17, 15) is 4.79 Å². The fourth-order valence-electron chi connectivity index (χ4n) is 3.09. The number of rotatable bonds is 4. The van der Waals surface area contributed by atoms with Gasteiger partial charge in [0, 0.05) is 30.3 Å². The van der Waals surface area contributed by atoms with Crippen molar-refractivity contribution in [2.75, 3.05) is 25.1 Å². The van der Waals surface area contributed by atoms with Crippen LogP contribution in [0.3, 0.4) is 0 Å². The number of piperidine rings is 1. The SMILES string of the molecule is CSCC(=O)N1CCC(c2[nH]ncc2-c2ccccc2)CC1. The van der Waals surface area contributed by atoms with Crippen molar-refractivity contribution in [3.05, 3.63) is 42.2 Å². The van der Waals surface area contributed by atoms with Gasteiger partial charge in [0.15, 0.2) is 0 Å². The maximum Gasteiger partial charge on any atom is 0.232 e. The van der Waals surface area contributed by atoms with E-state index in [2.05, 4.69) is 34.5 Å². The van der Waals surface area contributed by atoms with Crippen LogP contribution in [0.4, 0.5) is 0 Å². The summed E-state index contributed by atoms with van der Waals surface area (Å²) in [5.74, 6) is 1.30. The number of likely N-dealkylation sites (tertiary alicyclic amines) is 1. The van der Waals surface area contributed by atoms with Crippen LogP contribution in [0, 0.1) is 0 Å². The third-order valence-corrected chi connectivity index (χ3v) is 4.81. The first kappa shape index (κ1) is 15.2. The van der Waals surface area contributed by atoms with E-state index < -0.39 is 0 Å². The molecule has 1 aliphatic heterocycles. The van der Waals surface area contributed by atoms with E-state index in [1.807, 2.05) is 23.4 Å². The van der Waals surface area contributed by atoms with Gasteiger partial charge in [-0.25, -0.2) is 0 Å². The van der Waals surface area contributed by atoms with Gasteiger partial charge >= 0.3 is 0 Å². The van der Waals surface area contributed by atoms with Gasteiger partial charge in [-0.1, -0.05) is 30.3 Å². The molecule has 0 radical (unpaired) electrons. The number of carbonyl (C=O) groups excluding carboxylic acids is 1. The molecule has 2 aromatic rings. The van der Waals surface area contributed by atoms with Crippen LogP contribution < -0.4 is 0 Å². The highest BCUT2D eigenvalue weighted by atomic mass is 32.2. The van der Waals surface area contributed by atoms with Crippen molar-refractivity contribution in [3.63, 3.8) is 0 Å². The number of nitrogens with zero attached hydrogens (tertiary/aromatic N) is 2. The zero-order valence-electron chi connectivity index (χ0n) is 12.8. The van der Waals surface area contributed by atoms with Crippen molar-refractivity contribution in [1.29, 1.82) is 0 Å². The molecule has 4 nitrogen and oxygen atoms in total.